The van der Waals surface area contributed by atoms with E-state index in [4.69, 9.17) is 0 Å². The van der Waals surface area contributed by atoms with Gasteiger partial charge in [0.2, 0.25) is 11.8 Å². The summed E-state index contributed by atoms with van der Waals surface area (Å²) in [5.74, 6) is 0.194. The number of anilines is 3. The third kappa shape index (κ3) is 3.21. The number of nitriles is 1. The first-order valence-electron chi connectivity index (χ1n) is 8.78. The van der Waals surface area contributed by atoms with E-state index in [1.165, 1.54) is 4.90 Å². The maximum Gasteiger partial charge on any atom is 0.241 e. The van der Waals surface area contributed by atoms with E-state index >= 15 is 0 Å². The van der Waals surface area contributed by atoms with Gasteiger partial charge in [-0.2, -0.15) is 17.0 Å². The van der Waals surface area contributed by atoms with E-state index in [1.54, 1.807) is 36.0 Å². The summed E-state index contributed by atoms with van der Waals surface area (Å²) >= 11 is 1.72. The smallest absolute Gasteiger partial charge is 0.241 e. The maximum absolute atomic E-state index is 12.9. The Hall–Kier alpha value is -3.30. The molecule has 28 heavy (non-hydrogen) atoms. The molecule has 1 aliphatic heterocycles. The quantitative estimate of drug-likeness (QED) is 0.668. The van der Waals surface area contributed by atoms with E-state index in [0.29, 0.717) is 22.6 Å². The van der Waals surface area contributed by atoms with E-state index in [1.807, 2.05) is 24.5 Å². The number of hydrogen-bond acceptors (Lipinski definition) is 4. The van der Waals surface area contributed by atoms with Crippen LogP contribution in [0.1, 0.15) is 17.5 Å². The zero-order valence-corrected chi connectivity index (χ0v) is 16.0. The number of thioether (sulfide) groups is 1. The van der Waals surface area contributed by atoms with Gasteiger partial charge in [0.15, 0.2) is 0 Å². The van der Waals surface area contributed by atoms with Crippen molar-refractivity contribution in [3.8, 4) is 6.07 Å². The average molecular weight is 387 g/mol. The Morgan fingerprint density at radius 2 is 1.96 bits per heavy atom. The van der Waals surface area contributed by atoms with Crippen molar-refractivity contribution in [3.63, 3.8) is 0 Å². The monoisotopic (exact) mass is 387 g/mol. The highest BCUT2D eigenvalue weighted by Gasteiger charge is 2.28. The lowest BCUT2D eigenvalue weighted by atomic mass is 10.0. The van der Waals surface area contributed by atoms with Gasteiger partial charge < -0.3 is 5.32 Å². The van der Waals surface area contributed by atoms with Crippen molar-refractivity contribution in [2.45, 2.75) is 12.2 Å². The summed E-state index contributed by atoms with van der Waals surface area (Å²) in [7, 11) is 0. The number of carbonyl (C=O) groups is 2. The van der Waals surface area contributed by atoms with Crippen LogP contribution in [-0.4, -0.2) is 18.1 Å². The molecular formula is C22H17N3O2S. The van der Waals surface area contributed by atoms with Gasteiger partial charge in [-0.25, -0.2) is 0 Å². The molecule has 0 saturated heterocycles. The van der Waals surface area contributed by atoms with Crippen LogP contribution >= 0.6 is 11.8 Å². The van der Waals surface area contributed by atoms with E-state index in [2.05, 4.69) is 23.5 Å². The summed E-state index contributed by atoms with van der Waals surface area (Å²) in [5.41, 5.74) is 3.41. The molecule has 3 aromatic carbocycles. The van der Waals surface area contributed by atoms with Crippen molar-refractivity contribution >= 4 is 51.4 Å². The largest absolute Gasteiger partial charge is 0.323 e. The van der Waals surface area contributed by atoms with Gasteiger partial charge >= 0.3 is 0 Å². The number of fused-ring (bicyclic) bond motifs is 3. The van der Waals surface area contributed by atoms with Crippen LogP contribution in [0.5, 0.6) is 0 Å². The minimum absolute atomic E-state index is 0.253. The Balaban J connectivity index is 1.96. The first kappa shape index (κ1) is 18.1. The summed E-state index contributed by atoms with van der Waals surface area (Å²) in [6.07, 6.45) is 1.79. The zero-order chi connectivity index (χ0) is 19.7. The molecule has 138 valence electrons. The molecule has 0 aliphatic carbocycles. The van der Waals surface area contributed by atoms with E-state index in [0.717, 1.165) is 22.1 Å². The van der Waals surface area contributed by atoms with Crippen LogP contribution < -0.4 is 10.2 Å². The van der Waals surface area contributed by atoms with Crippen LogP contribution in [0.25, 0.3) is 10.8 Å². The van der Waals surface area contributed by atoms with Gasteiger partial charge in [-0.3, -0.25) is 14.5 Å². The fourth-order valence-corrected chi connectivity index (χ4v) is 3.97. The van der Waals surface area contributed by atoms with E-state index < -0.39 is 0 Å². The van der Waals surface area contributed by atoms with Crippen molar-refractivity contribution in [1.82, 2.24) is 0 Å². The first-order valence-corrected chi connectivity index (χ1v) is 10.2. The van der Waals surface area contributed by atoms with Gasteiger partial charge in [0.25, 0.3) is 0 Å². The van der Waals surface area contributed by atoms with Crippen molar-refractivity contribution < 1.29 is 9.59 Å². The predicted molar refractivity (Wildman–Crippen MR) is 113 cm³/mol. The van der Waals surface area contributed by atoms with Crippen molar-refractivity contribution in [2.24, 2.45) is 0 Å². The summed E-state index contributed by atoms with van der Waals surface area (Å²) < 4.78 is 0. The zero-order valence-electron chi connectivity index (χ0n) is 15.2. The first-order chi connectivity index (χ1) is 13.6. The summed E-state index contributed by atoms with van der Waals surface area (Å²) in [4.78, 5) is 26.8. The number of amides is 2. The van der Waals surface area contributed by atoms with Gasteiger partial charge in [0, 0.05) is 11.1 Å². The average Bonchev–Trinajstić information content (AvgIpc) is 2.83. The fourth-order valence-electron chi connectivity index (χ4n) is 3.46. The normalized spacial score (nSPS) is 13.6. The fraction of sp³-hybridized carbons (Fsp3) is 0.136. The molecule has 0 unspecified atom stereocenters. The van der Waals surface area contributed by atoms with Crippen molar-refractivity contribution in [3.05, 3.63) is 65.7 Å². The number of benzene rings is 3. The molecule has 3 aromatic rings. The van der Waals surface area contributed by atoms with Crippen LogP contribution in [0.4, 0.5) is 17.1 Å². The third-order valence-corrected chi connectivity index (χ3v) is 5.30. The number of hydrogen-bond donors (Lipinski definition) is 1. The molecule has 0 aromatic heterocycles. The summed E-state index contributed by atoms with van der Waals surface area (Å²) in [5, 5.41) is 14.0. The molecule has 1 heterocycles. The minimum Gasteiger partial charge on any atom is -0.323 e. The van der Waals surface area contributed by atoms with Crippen LogP contribution in [0.3, 0.4) is 0 Å². The van der Waals surface area contributed by atoms with Gasteiger partial charge in [-0.05, 0) is 47.5 Å². The van der Waals surface area contributed by atoms with E-state index in [9.17, 15) is 14.9 Å². The van der Waals surface area contributed by atoms with Gasteiger partial charge in [0.1, 0.15) is 6.42 Å². The Kier molecular flexibility index (Phi) is 4.76. The van der Waals surface area contributed by atoms with Crippen LogP contribution in [0.2, 0.25) is 0 Å². The Morgan fingerprint density at radius 1 is 1.14 bits per heavy atom. The molecule has 0 atom stereocenters. The molecule has 0 fully saturated rings. The maximum atomic E-state index is 12.9. The number of nitrogens with one attached hydrogen (secondary N) is 1. The topological polar surface area (TPSA) is 73.2 Å². The lowest BCUT2D eigenvalue weighted by molar-refractivity contribution is -0.124. The van der Waals surface area contributed by atoms with Crippen LogP contribution in [-0.2, 0) is 15.3 Å². The predicted octanol–water partition coefficient (Wildman–Crippen LogP) is 4.58. The van der Waals surface area contributed by atoms with E-state index in [-0.39, 0.29) is 18.2 Å². The number of nitrogens with zero attached hydrogens (tertiary/aromatic N) is 2. The molecule has 5 nitrogen and oxygen atoms in total. The molecular weight excluding hydrogens is 370 g/mol. The molecule has 1 aliphatic rings. The highest BCUT2D eigenvalue weighted by molar-refractivity contribution is 7.97. The highest BCUT2D eigenvalue weighted by atomic mass is 32.2. The lowest BCUT2D eigenvalue weighted by Crippen LogP contribution is -2.26. The SMILES string of the molecule is CSCc1ccc2ccc3c(c2c1)NC(=O)CC(=O)N3c1cccc(C#N)c1. The molecule has 4 rings (SSSR count). The second-order valence-corrected chi connectivity index (χ2v) is 7.43. The molecule has 0 saturated carbocycles. The Bertz CT molecular complexity index is 1150. The Morgan fingerprint density at radius 3 is 2.75 bits per heavy atom. The summed E-state index contributed by atoms with van der Waals surface area (Å²) in [6, 6.07) is 18.9. The number of rotatable bonds is 3. The van der Waals surface area contributed by atoms with Crippen LogP contribution in [0, 0.1) is 11.3 Å². The van der Waals surface area contributed by atoms with Crippen LogP contribution in [0.15, 0.2) is 54.6 Å². The molecule has 0 spiro atoms. The highest BCUT2D eigenvalue weighted by Crippen LogP contribution is 2.40. The van der Waals surface area contributed by atoms with Gasteiger partial charge in [-0.15, -0.1) is 0 Å². The van der Waals surface area contributed by atoms with Gasteiger partial charge in [-0.1, -0.05) is 24.3 Å². The molecule has 2 amide bonds. The van der Waals surface area contributed by atoms with Crippen molar-refractivity contribution in [1.29, 1.82) is 5.26 Å². The molecule has 1 N–H and O–H groups in total. The third-order valence-electron chi connectivity index (χ3n) is 4.67. The van der Waals surface area contributed by atoms with Gasteiger partial charge in [0.05, 0.1) is 28.7 Å². The summed E-state index contributed by atoms with van der Waals surface area (Å²) in [6.45, 7) is 0. The lowest BCUT2D eigenvalue weighted by Gasteiger charge is -2.23. The molecule has 0 radical (unpaired) electrons. The molecule has 6 heteroatoms. The second-order valence-electron chi connectivity index (χ2n) is 6.56. The van der Waals surface area contributed by atoms with Crippen molar-refractivity contribution in [2.75, 3.05) is 16.5 Å². The standard InChI is InChI=1S/C22H17N3O2S/c1-28-13-15-5-6-16-7-8-19-22(18(16)10-15)24-20(26)11-21(27)25(19)17-4-2-3-14(9-17)12-23/h2-10H,11,13H2,1H3,(H,24,26). The molecule has 0 bridgehead atoms. The second kappa shape index (κ2) is 7.37. The number of carbonyl (C=O) groups excluding carboxylic acids is 2. The minimum atomic E-state index is -0.340. The Labute approximate surface area is 167 Å².